The van der Waals surface area contributed by atoms with Gasteiger partial charge in [-0.25, -0.2) is 14.0 Å². The van der Waals surface area contributed by atoms with Gasteiger partial charge in [0.2, 0.25) is 0 Å². The van der Waals surface area contributed by atoms with Crippen molar-refractivity contribution in [3.8, 4) is 11.1 Å². The van der Waals surface area contributed by atoms with Gasteiger partial charge in [-0.2, -0.15) is 0 Å². The van der Waals surface area contributed by atoms with Crippen LogP contribution in [0.1, 0.15) is 20.7 Å². The van der Waals surface area contributed by atoms with E-state index in [9.17, 15) is 19.1 Å². The lowest BCUT2D eigenvalue weighted by molar-refractivity contribution is 0.0686. The van der Waals surface area contributed by atoms with E-state index in [1.165, 1.54) is 42.5 Å². The first-order valence-corrected chi connectivity index (χ1v) is 7.83. The van der Waals surface area contributed by atoms with Crippen molar-refractivity contribution in [1.82, 2.24) is 0 Å². The first kappa shape index (κ1) is 17.9. The molecule has 0 atom stereocenters. The van der Waals surface area contributed by atoms with Crippen LogP contribution < -0.4 is 0 Å². The van der Waals surface area contributed by atoms with Gasteiger partial charge in [0.1, 0.15) is 5.69 Å². The Balaban J connectivity index is 2.07. The zero-order valence-electron chi connectivity index (χ0n) is 13.8. The summed E-state index contributed by atoms with van der Waals surface area (Å²) < 4.78 is 13.7. The van der Waals surface area contributed by atoms with Crippen molar-refractivity contribution < 1.29 is 24.2 Å². The molecule has 0 spiro atoms. The van der Waals surface area contributed by atoms with Gasteiger partial charge in [-0.05, 0) is 42.0 Å². The van der Waals surface area contributed by atoms with Crippen molar-refractivity contribution in [1.29, 1.82) is 0 Å². The fraction of sp³-hybridized carbons (Fsp3) is 0. The molecule has 0 amide bonds. The van der Waals surface area contributed by atoms with Crippen molar-refractivity contribution >= 4 is 23.3 Å². The van der Waals surface area contributed by atoms with E-state index in [1.54, 1.807) is 24.3 Å². The molecule has 3 rings (SSSR count). The molecular formula is C20H13FN2O4. The van der Waals surface area contributed by atoms with Crippen molar-refractivity contribution in [2.24, 2.45) is 10.2 Å². The summed E-state index contributed by atoms with van der Waals surface area (Å²) in [5.41, 5.74) is 1.53. The predicted octanol–water partition coefficient (Wildman–Crippen LogP) is 5.30. The van der Waals surface area contributed by atoms with Gasteiger partial charge in [0.15, 0.2) is 5.82 Å². The number of benzene rings is 3. The zero-order chi connectivity index (χ0) is 19.4. The van der Waals surface area contributed by atoms with Gasteiger partial charge < -0.3 is 10.2 Å². The van der Waals surface area contributed by atoms with E-state index in [0.29, 0.717) is 11.1 Å². The molecule has 6 nitrogen and oxygen atoms in total. The summed E-state index contributed by atoms with van der Waals surface area (Å²) in [5, 5.41) is 26.1. The van der Waals surface area contributed by atoms with Crippen LogP contribution in [0, 0.1) is 5.82 Å². The molecule has 3 aromatic rings. The standard InChI is InChI=1S/C20H13FN2O4/c21-16-3-1-2-4-17(16)22-23-18-11-14(20(26)27)9-10-15(18)12-5-7-13(8-6-12)19(24)25/h1-11H,(H,24,25)(H,26,27). The average Bonchev–Trinajstić information content (AvgIpc) is 2.67. The summed E-state index contributed by atoms with van der Waals surface area (Å²) in [6.07, 6.45) is 0. The number of nitrogens with zero attached hydrogens (tertiary/aromatic N) is 2. The molecule has 0 saturated heterocycles. The van der Waals surface area contributed by atoms with E-state index in [-0.39, 0.29) is 22.5 Å². The number of hydrogen-bond donors (Lipinski definition) is 2. The van der Waals surface area contributed by atoms with Gasteiger partial charge in [-0.15, -0.1) is 10.2 Å². The summed E-state index contributed by atoms with van der Waals surface area (Å²) in [5.74, 6) is -2.74. The van der Waals surface area contributed by atoms with Crippen LogP contribution in [0.2, 0.25) is 0 Å². The van der Waals surface area contributed by atoms with Crippen LogP contribution in [0.15, 0.2) is 77.0 Å². The Hall–Kier alpha value is -3.87. The monoisotopic (exact) mass is 364 g/mol. The normalized spacial score (nSPS) is 10.9. The molecule has 2 N–H and O–H groups in total. The third kappa shape index (κ3) is 4.04. The molecule has 0 bridgehead atoms. The van der Waals surface area contributed by atoms with Crippen LogP contribution in [0.25, 0.3) is 11.1 Å². The summed E-state index contributed by atoms with van der Waals surface area (Å²) in [6, 6.07) is 16.1. The number of hydrogen-bond acceptors (Lipinski definition) is 4. The fourth-order valence-corrected chi connectivity index (χ4v) is 2.42. The fourth-order valence-electron chi connectivity index (χ4n) is 2.42. The quantitative estimate of drug-likeness (QED) is 0.600. The molecule has 0 fully saturated rings. The molecular weight excluding hydrogens is 351 g/mol. The van der Waals surface area contributed by atoms with Crippen LogP contribution in [-0.4, -0.2) is 22.2 Å². The highest BCUT2D eigenvalue weighted by molar-refractivity contribution is 5.92. The first-order chi connectivity index (χ1) is 13.0. The highest BCUT2D eigenvalue weighted by Crippen LogP contribution is 2.33. The second kappa shape index (κ2) is 7.57. The Bertz CT molecular complexity index is 1050. The van der Waals surface area contributed by atoms with E-state index >= 15 is 0 Å². The maximum absolute atomic E-state index is 13.7. The van der Waals surface area contributed by atoms with Gasteiger partial charge in [0, 0.05) is 5.56 Å². The van der Waals surface area contributed by atoms with Gasteiger partial charge in [-0.1, -0.05) is 30.3 Å². The van der Waals surface area contributed by atoms with Gasteiger partial charge in [0.25, 0.3) is 0 Å². The minimum absolute atomic E-state index is 0.00314. The number of carboxylic acids is 2. The molecule has 0 unspecified atom stereocenters. The Kier molecular flexibility index (Phi) is 5.03. The highest BCUT2D eigenvalue weighted by Gasteiger charge is 2.11. The molecule has 0 aliphatic carbocycles. The summed E-state index contributed by atoms with van der Waals surface area (Å²) in [4.78, 5) is 22.2. The van der Waals surface area contributed by atoms with Gasteiger partial charge in [0.05, 0.1) is 16.8 Å². The van der Waals surface area contributed by atoms with Crippen molar-refractivity contribution in [3.05, 3.63) is 83.7 Å². The Morgan fingerprint density at radius 3 is 1.96 bits per heavy atom. The van der Waals surface area contributed by atoms with E-state index in [1.807, 2.05) is 0 Å². The Morgan fingerprint density at radius 2 is 1.33 bits per heavy atom. The van der Waals surface area contributed by atoms with Crippen molar-refractivity contribution in [2.75, 3.05) is 0 Å². The number of carboxylic acid groups (broad SMARTS) is 2. The zero-order valence-corrected chi connectivity index (χ0v) is 13.8. The number of azo groups is 1. The number of aromatic carboxylic acids is 2. The molecule has 27 heavy (non-hydrogen) atoms. The molecule has 0 heterocycles. The average molecular weight is 364 g/mol. The minimum Gasteiger partial charge on any atom is -0.478 e. The maximum Gasteiger partial charge on any atom is 0.335 e. The smallest absolute Gasteiger partial charge is 0.335 e. The molecule has 0 aliphatic heterocycles. The summed E-state index contributed by atoms with van der Waals surface area (Å²) in [6.45, 7) is 0. The summed E-state index contributed by atoms with van der Waals surface area (Å²) in [7, 11) is 0. The van der Waals surface area contributed by atoms with Gasteiger partial charge >= 0.3 is 11.9 Å². The van der Waals surface area contributed by atoms with E-state index < -0.39 is 17.8 Å². The molecule has 7 heteroatoms. The maximum atomic E-state index is 13.7. The van der Waals surface area contributed by atoms with Crippen molar-refractivity contribution in [2.45, 2.75) is 0 Å². The van der Waals surface area contributed by atoms with Gasteiger partial charge in [-0.3, -0.25) is 0 Å². The topological polar surface area (TPSA) is 99.3 Å². The molecule has 134 valence electrons. The third-order valence-corrected chi connectivity index (χ3v) is 3.81. The lowest BCUT2D eigenvalue weighted by Crippen LogP contribution is -1.96. The Morgan fingerprint density at radius 1 is 0.741 bits per heavy atom. The molecule has 0 saturated carbocycles. The number of rotatable bonds is 5. The predicted molar refractivity (Wildman–Crippen MR) is 96.4 cm³/mol. The second-order valence-corrected chi connectivity index (χ2v) is 5.57. The highest BCUT2D eigenvalue weighted by atomic mass is 19.1. The lowest BCUT2D eigenvalue weighted by Gasteiger charge is -2.07. The van der Waals surface area contributed by atoms with Crippen molar-refractivity contribution in [3.63, 3.8) is 0 Å². The van der Waals surface area contributed by atoms with Crippen LogP contribution in [0.4, 0.5) is 15.8 Å². The largest absolute Gasteiger partial charge is 0.478 e. The minimum atomic E-state index is -1.13. The van der Waals surface area contributed by atoms with Crippen LogP contribution in [0.5, 0.6) is 0 Å². The first-order valence-electron chi connectivity index (χ1n) is 7.83. The molecule has 0 radical (unpaired) electrons. The van der Waals surface area contributed by atoms with E-state index in [2.05, 4.69) is 10.2 Å². The SMILES string of the molecule is O=C(O)c1ccc(-c2ccc(C(=O)O)cc2N=Nc2ccccc2F)cc1. The van der Waals surface area contributed by atoms with Crippen LogP contribution in [0.3, 0.4) is 0 Å². The molecule has 0 aliphatic rings. The van der Waals surface area contributed by atoms with Crippen LogP contribution in [-0.2, 0) is 0 Å². The Labute approximate surface area is 153 Å². The molecule has 3 aromatic carbocycles. The van der Waals surface area contributed by atoms with E-state index in [0.717, 1.165) is 0 Å². The third-order valence-electron chi connectivity index (χ3n) is 3.81. The van der Waals surface area contributed by atoms with Crippen LogP contribution >= 0.6 is 0 Å². The number of carbonyl (C=O) groups is 2. The lowest BCUT2D eigenvalue weighted by atomic mass is 10.0. The second-order valence-electron chi connectivity index (χ2n) is 5.57. The number of halogens is 1. The van der Waals surface area contributed by atoms with E-state index in [4.69, 9.17) is 5.11 Å². The summed E-state index contributed by atoms with van der Waals surface area (Å²) >= 11 is 0. The molecule has 0 aromatic heterocycles.